The second kappa shape index (κ2) is 48.6. The molecule has 1 amide bonds. The van der Waals surface area contributed by atoms with Crippen LogP contribution in [0.4, 0.5) is 0 Å². The van der Waals surface area contributed by atoms with Gasteiger partial charge in [0.2, 0.25) is 5.91 Å². The second-order valence-electron chi connectivity index (χ2n) is 34.5. The molecule has 12 aliphatic heterocycles. The van der Waals surface area contributed by atoms with Gasteiger partial charge in [-0.1, -0.05) is 0 Å². The highest BCUT2D eigenvalue weighted by Crippen LogP contribution is 2.42. The largest absolute Gasteiger partial charge is 0.394 e. The number of nitrogens with one attached hydrogen (secondary N) is 1. The molecule has 12 saturated heterocycles. The topological polar surface area (TPSA) is 990 Å². The molecule has 136 heavy (non-hydrogen) atoms. The molecule has 0 aromatic rings. The van der Waals surface area contributed by atoms with E-state index < -0.39 is 454 Å². The predicted molar refractivity (Wildman–Crippen MR) is 407 cm³/mol. The zero-order chi connectivity index (χ0) is 99.7. The van der Waals surface area contributed by atoms with Gasteiger partial charge in [0.15, 0.2) is 75.5 Å². The van der Waals surface area contributed by atoms with Crippen LogP contribution in [0, 0.1) is 0 Å². The highest BCUT2D eigenvalue weighted by Gasteiger charge is 2.63. The standard InChI is InChI=1S/C74H125NO61/c1-14(85)75-27-39(97)55(23(10-84)117-63(27)113)129-70-54(112)58(38(96)26(127-70)12-114-64-52(110)57(131-66-49(107)41(99)29(87)16(3-77)119-66)37(95)25(126-64)13-116-72-60(45(103)33(91)20(7-81)124-72)134-68-51(109)43(101)31(89)18(5-79)121-68)132-74-62(47(105)35(93)24(128-74)11-115-71-59(44(102)32(90)19(6-80)123-71)133-67-50(108)42(100)30(88)17(4-78)120-67)136-73-61(46(104)34(92)21(8-82)125-73)135-69-53(111)56(36(94)22(9-83)122-69)130-65-48(106)40(98)28(86)15(2-76)118-65/h15-74,76-84,86-113H,2-13H2,1H3,(H,75,85)/t15-,16-,17-,18-,19-,20-,21-,22-,23-,24-,25-,26-,27-,28-,29-,30-,31-,32-,33-,34-,35-,36-,37-,38-,39-,40+,41+,42+,43+,44+,45+,46+,47+,48+,49+,50+,51+,52+,53-,54+,55-,56+,57+,58+,59+,60+,61+,62+,63-,64+,65-,66-,67-,68-,69-,70+,71+,72+,73-,74-/m1/s1. The van der Waals surface area contributed by atoms with E-state index in [1.165, 1.54) is 0 Å². The molecule has 12 rings (SSSR count). The van der Waals surface area contributed by atoms with Crippen molar-refractivity contribution in [2.75, 3.05) is 79.3 Å². The lowest BCUT2D eigenvalue weighted by Crippen LogP contribution is -2.69. The Hall–Kier alpha value is -2.93. The van der Waals surface area contributed by atoms with Gasteiger partial charge < -0.3 is 303 Å². The van der Waals surface area contributed by atoms with Crippen molar-refractivity contribution in [2.24, 2.45) is 0 Å². The molecule has 0 radical (unpaired) electrons. The van der Waals surface area contributed by atoms with Crippen molar-refractivity contribution in [1.29, 1.82) is 0 Å². The summed E-state index contributed by atoms with van der Waals surface area (Å²) in [7, 11) is 0. The number of aliphatic hydroxyl groups excluding tert-OH is 37. The van der Waals surface area contributed by atoms with Crippen LogP contribution in [0.3, 0.4) is 0 Å². The molecule has 0 saturated carbocycles. The predicted octanol–water partition coefficient (Wildman–Crippen LogP) is -27.0. The molecule has 12 aliphatic rings. The molecular formula is C74H125NO61. The number of carbonyl (C=O) groups is 1. The third kappa shape index (κ3) is 23.7. The first-order valence-electron chi connectivity index (χ1n) is 43.2. The SMILES string of the molecule is CC(=O)N[C@@H]1[C@@H](O)[C@H](O[C@@H]2O[C@H](CO[C@H]3O[C@H](CO[C@H]4O[C@H](CO)[C@@H](O)[C@H](O)[C@@H]4O[C@H]4O[C@H](CO)[C@@H](O)[C@H](O)[C@@H]4O)[C@@H](O)[C@H](O[C@H]4O[C@H](CO)[C@@H](O)[C@H](O)[C@@H]4O)[C@@H]3O)[C@@H](O)[C@H](O[C@H]3O[C@H](CO[C@H]4O[C@H](CO)[C@@H](O)[C@H](O)[C@@H]4O[C@H]4O[C@H](CO)[C@@H](O)[C@H](O)[C@@H]4O)[C@@H](O)[C@H](O)[C@@H]3O[C@H]3O[C@H](CO)[C@@H](O)[C@H](O)[C@@H]3O[C@H]3O[C@H](CO)[C@@H](O)[C@H](O[C@H]4O[C@H](CO)[C@@H](O)[C@H](O)[C@@H]4O)[C@H]3O)[C@@H]2O)[C@@H](CO)O[C@H]1O. The lowest BCUT2D eigenvalue weighted by Gasteiger charge is -2.51. The first-order valence-corrected chi connectivity index (χ1v) is 43.2. The van der Waals surface area contributed by atoms with Crippen LogP contribution >= 0.6 is 0 Å². The minimum Gasteiger partial charge on any atom is -0.394 e. The summed E-state index contributed by atoms with van der Waals surface area (Å²) in [6, 6.07) is -1.91. The molecule has 0 spiro atoms. The van der Waals surface area contributed by atoms with Gasteiger partial charge in [0.25, 0.3) is 0 Å². The maximum atomic E-state index is 13.0. The van der Waals surface area contributed by atoms with Gasteiger partial charge in [-0.25, -0.2) is 0 Å². The smallest absolute Gasteiger partial charge is 0.217 e. The van der Waals surface area contributed by atoms with Gasteiger partial charge >= 0.3 is 0 Å². The summed E-state index contributed by atoms with van der Waals surface area (Å²) in [6.07, 6.45) is -133. The maximum absolute atomic E-state index is 13.0. The molecule has 12 heterocycles. The minimum atomic E-state index is -2.78. The number of hydrogen-bond donors (Lipinski definition) is 38. The Bertz CT molecular complexity index is 3590. The van der Waals surface area contributed by atoms with E-state index in [1.807, 2.05) is 0 Å². The van der Waals surface area contributed by atoms with Crippen molar-refractivity contribution in [3.8, 4) is 0 Å². The molecule has 62 nitrogen and oxygen atoms in total. The van der Waals surface area contributed by atoms with Crippen LogP contribution in [-0.4, -0.2) is 643 Å². The zero-order valence-corrected chi connectivity index (χ0v) is 71.5. The summed E-state index contributed by atoms with van der Waals surface area (Å²) in [5.41, 5.74) is 0. The summed E-state index contributed by atoms with van der Waals surface area (Å²) >= 11 is 0. The zero-order valence-electron chi connectivity index (χ0n) is 71.5. The van der Waals surface area contributed by atoms with Gasteiger partial charge in [-0.05, 0) is 0 Å². The molecule has 0 aromatic carbocycles. The lowest BCUT2D eigenvalue weighted by atomic mass is 9.94. The molecule has 0 unspecified atom stereocenters. The molecule has 12 fully saturated rings. The first kappa shape index (κ1) is 112. The summed E-state index contributed by atoms with van der Waals surface area (Å²) < 4.78 is 135. The van der Waals surface area contributed by atoms with Crippen LogP contribution in [0.15, 0.2) is 0 Å². The van der Waals surface area contributed by atoms with Crippen LogP contribution in [0.1, 0.15) is 6.92 Å². The molecule has 792 valence electrons. The highest BCUT2D eigenvalue weighted by atomic mass is 16.8. The van der Waals surface area contributed by atoms with E-state index in [2.05, 4.69) is 5.32 Å². The van der Waals surface area contributed by atoms with Gasteiger partial charge in [-0.2, -0.15) is 0 Å². The quantitative estimate of drug-likeness (QED) is 0.0280. The van der Waals surface area contributed by atoms with E-state index in [0.29, 0.717) is 0 Å². The Kier molecular flexibility index (Phi) is 40.0. The second-order valence-corrected chi connectivity index (χ2v) is 34.5. The van der Waals surface area contributed by atoms with E-state index in [-0.39, 0.29) is 0 Å². The van der Waals surface area contributed by atoms with Gasteiger partial charge in [0.1, 0.15) is 293 Å². The summed E-state index contributed by atoms with van der Waals surface area (Å²) in [5.74, 6) is -0.942. The van der Waals surface area contributed by atoms with E-state index in [9.17, 15) is 194 Å². The van der Waals surface area contributed by atoms with Gasteiger partial charge in [0.05, 0.1) is 79.3 Å². The van der Waals surface area contributed by atoms with Crippen LogP contribution in [0.25, 0.3) is 0 Å². The Morgan fingerprint density at radius 3 is 0.706 bits per heavy atom. The summed E-state index contributed by atoms with van der Waals surface area (Å²) in [4.78, 5) is 12.6. The molecule has 0 aliphatic carbocycles. The van der Waals surface area contributed by atoms with Crippen molar-refractivity contribution in [3.63, 3.8) is 0 Å². The van der Waals surface area contributed by atoms with Crippen molar-refractivity contribution in [3.05, 3.63) is 0 Å². The molecule has 0 aromatic heterocycles. The van der Waals surface area contributed by atoms with Gasteiger partial charge in [-0.3, -0.25) is 4.79 Å². The number of aliphatic hydroxyl groups is 37. The van der Waals surface area contributed by atoms with Crippen molar-refractivity contribution in [1.82, 2.24) is 5.32 Å². The third-order valence-electron chi connectivity index (χ3n) is 25.5. The fraction of sp³-hybridized carbons (Fsp3) is 0.986. The van der Waals surface area contributed by atoms with E-state index in [4.69, 9.17) is 109 Å². The summed E-state index contributed by atoms with van der Waals surface area (Å²) in [5, 5.41) is 415. The Balaban J connectivity index is 0.908. The monoisotopic (exact) mass is 2000 g/mol. The van der Waals surface area contributed by atoms with Crippen LogP contribution in [-0.2, 0) is 114 Å². The number of hydrogen-bond acceptors (Lipinski definition) is 61. The molecule has 62 heteroatoms. The Morgan fingerprint density at radius 1 is 0.191 bits per heavy atom. The number of carbonyl (C=O) groups excluding carboxylic acids is 1. The maximum Gasteiger partial charge on any atom is 0.217 e. The van der Waals surface area contributed by atoms with E-state index >= 15 is 0 Å². The average molecular weight is 2000 g/mol. The molecule has 38 N–H and O–H groups in total. The van der Waals surface area contributed by atoms with Crippen LogP contribution in [0.5, 0.6) is 0 Å². The van der Waals surface area contributed by atoms with Crippen molar-refractivity contribution >= 4 is 5.91 Å². The van der Waals surface area contributed by atoms with Gasteiger partial charge in [-0.15, -0.1) is 0 Å². The van der Waals surface area contributed by atoms with Crippen molar-refractivity contribution in [2.45, 2.75) is 375 Å². The van der Waals surface area contributed by atoms with Gasteiger partial charge in [0, 0.05) is 6.92 Å². The lowest BCUT2D eigenvalue weighted by molar-refractivity contribution is -0.413. The van der Waals surface area contributed by atoms with E-state index in [1.54, 1.807) is 0 Å². The fourth-order valence-corrected chi connectivity index (χ4v) is 17.4. The number of amides is 1. The molecular weight excluding hydrogens is 1880 g/mol. The first-order chi connectivity index (χ1) is 64.5. The normalized spacial score (nSPS) is 52.8. The summed E-state index contributed by atoms with van der Waals surface area (Å²) in [6.45, 7) is -13.1. The molecule has 0 bridgehead atoms. The average Bonchev–Trinajstić information content (AvgIpc) is 0.762. The highest BCUT2D eigenvalue weighted by molar-refractivity contribution is 5.73. The van der Waals surface area contributed by atoms with E-state index in [0.717, 1.165) is 6.92 Å². The third-order valence-corrected chi connectivity index (χ3v) is 25.5. The minimum absolute atomic E-state index is 0.920. The Labute approximate surface area is 766 Å². The fourth-order valence-electron chi connectivity index (χ4n) is 17.4. The molecule has 60 atom stereocenters. The number of rotatable bonds is 35. The van der Waals surface area contributed by atoms with Crippen molar-refractivity contribution < 1.29 is 303 Å². The number of ether oxygens (including phenoxy) is 23. The van der Waals surface area contributed by atoms with Crippen LogP contribution < -0.4 is 5.32 Å². The Morgan fingerprint density at radius 2 is 0.390 bits per heavy atom. The van der Waals surface area contributed by atoms with Crippen LogP contribution in [0.2, 0.25) is 0 Å².